The minimum Gasteiger partial charge on any atom is -0.349 e. The zero-order valence-electron chi connectivity index (χ0n) is 13.1. The molecule has 1 aliphatic rings. The molecular weight excluding hydrogens is 280 g/mol. The molecule has 0 aromatic carbocycles. The van der Waals surface area contributed by atoms with Gasteiger partial charge < -0.3 is 15.1 Å². The minimum absolute atomic E-state index is 0.0554. The molecule has 118 valence electrons. The van der Waals surface area contributed by atoms with Crippen molar-refractivity contribution in [2.75, 3.05) is 33.7 Å². The molecule has 3 heterocycles. The first kappa shape index (κ1) is 14.9. The highest BCUT2D eigenvalue weighted by atomic mass is 16.1. The summed E-state index contributed by atoms with van der Waals surface area (Å²) in [6, 6.07) is 6.01. The topological polar surface area (TPSA) is 65.8 Å². The number of pyridine rings is 1. The number of carbonyl (C=O) groups is 1. The Balaban J connectivity index is 1.56. The van der Waals surface area contributed by atoms with E-state index < -0.39 is 0 Å². The van der Waals surface area contributed by atoms with Gasteiger partial charge in [-0.3, -0.25) is 9.20 Å². The van der Waals surface area contributed by atoms with Gasteiger partial charge in [-0.15, -0.1) is 10.2 Å². The summed E-state index contributed by atoms with van der Waals surface area (Å²) in [6.45, 7) is 3.39. The number of piperazine rings is 1. The van der Waals surface area contributed by atoms with Crippen molar-refractivity contribution >= 4 is 11.6 Å². The van der Waals surface area contributed by atoms with Crippen LogP contribution in [-0.2, 0) is 11.3 Å². The summed E-state index contributed by atoms with van der Waals surface area (Å²) >= 11 is 0. The van der Waals surface area contributed by atoms with Crippen molar-refractivity contribution in [3.8, 4) is 0 Å². The molecule has 1 amide bonds. The summed E-state index contributed by atoms with van der Waals surface area (Å²) in [4.78, 5) is 16.7. The van der Waals surface area contributed by atoms with Gasteiger partial charge in [0.1, 0.15) is 0 Å². The molecule has 2 aromatic rings. The highest BCUT2D eigenvalue weighted by molar-refractivity contribution is 5.76. The predicted octanol–water partition coefficient (Wildman–Crippen LogP) is -0.0186. The highest BCUT2D eigenvalue weighted by Gasteiger charge is 2.24. The van der Waals surface area contributed by atoms with E-state index in [-0.39, 0.29) is 11.9 Å². The third-order valence-electron chi connectivity index (χ3n) is 4.23. The number of likely N-dealkylation sites (N-methyl/N-ethyl adjacent to an activating group) is 2. The summed E-state index contributed by atoms with van der Waals surface area (Å²) in [5.41, 5.74) is 0.792. The molecule has 7 heteroatoms. The van der Waals surface area contributed by atoms with Gasteiger partial charge >= 0.3 is 0 Å². The Morgan fingerprint density at radius 1 is 1.32 bits per heavy atom. The largest absolute Gasteiger partial charge is 0.349 e. The quantitative estimate of drug-likeness (QED) is 0.860. The second kappa shape index (κ2) is 6.41. The van der Waals surface area contributed by atoms with Crippen molar-refractivity contribution in [3.63, 3.8) is 0 Å². The molecule has 0 radical (unpaired) electrons. The molecule has 1 N–H and O–H groups in total. The lowest BCUT2D eigenvalue weighted by molar-refractivity contribution is -0.122. The molecule has 0 bridgehead atoms. The van der Waals surface area contributed by atoms with Crippen molar-refractivity contribution in [2.45, 2.75) is 19.0 Å². The lowest BCUT2D eigenvalue weighted by atomic mass is 10.1. The number of carbonyl (C=O) groups excluding carboxylic acids is 1. The lowest BCUT2D eigenvalue weighted by Gasteiger charge is -2.37. The van der Waals surface area contributed by atoms with Gasteiger partial charge in [-0.25, -0.2) is 0 Å². The molecular formula is C15H22N6O. The van der Waals surface area contributed by atoms with E-state index >= 15 is 0 Å². The summed E-state index contributed by atoms with van der Waals surface area (Å²) in [5, 5.41) is 11.2. The average Bonchev–Trinajstić information content (AvgIpc) is 2.92. The number of amides is 1. The van der Waals surface area contributed by atoms with Crippen molar-refractivity contribution in [3.05, 3.63) is 30.2 Å². The van der Waals surface area contributed by atoms with E-state index in [4.69, 9.17) is 0 Å². The average molecular weight is 302 g/mol. The van der Waals surface area contributed by atoms with Crippen LogP contribution >= 0.6 is 0 Å². The fourth-order valence-corrected chi connectivity index (χ4v) is 2.80. The van der Waals surface area contributed by atoms with Gasteiger partial charge in [0.2, 0.25) is 5.91 Å². The molecule has 2 aromatic heterocycles. The fraction of sp³-hybridized carbons (Fsp3) is 0.533. The molecule has 0 aliphatic carbocycles. The van der Waals surface area contributed by atoms with Crippen molar-refractivity contribution in [1.82, 2.24) is 29.7 Å². The van der Waals surface area contributed by atoms with E-state index in [0.717, 1.165) is 31.1 Å². The second-order valence-corrected chi connectivity index (χ2v) is 5.92. The van der Waals surface area contributed by atoms with Gasteiger partial charge in [-0.1, -0.05) is 6.07 Å². The number of fused-ring (bicyclic) bond motifs is 1. The van der Waals surface area contributed by atoms with Crippen LogP contribution in [-0.4, -0.2) is 70.1 Å². The van der Waals surface area contributed by atoms with Crippen molar-refractivity contribution in [1.29, 1.82) is 0 Å². The maximum Gasteiger partial charge on any atom is 0.221 e. The monoisotopic (exact) mass is 302 g/mol. The Labute approximate surface area is 129 Å². The van der Waals surface area contributed by atoms with Crippen LogP contribution in [0.15, 0.2) is 24.4 Å². The summed E-state index contributed by atoms with van der Waals surface area (Å²) in [5.74, 6) is 0.804. The predicted molar refractivity (Wildman–Crippen MR) is 83.4 cm³/mol. The maximum absolute atomic E-state index is 12.2. The third kappa shape index (κ3) is 3.26. The van der Waals surface area contributed by atoms with Crippen LogP contribution in [0.25, 0.3) is 5.65 Å². The highest BCUT2D eigenvalue weighted by Crippen LogP contribution is 2.09. The maximum atomic E-state index is 12.2. The first-order chi connectivity index (χ1) is 10.6. The van der Waals surface area contributed by atoms with Crippen LogP contribution in [0.4, 0.5) is 0 Å². The van der Waals surface area contributed by atoms with E-state index in [1.165, 1.54) is 0 Å². The first-order valence-corrected chi connectivity index (χ1v) is 7.57. The standard InChI is InChI=1S/C15H22N6O/c1-19-7-8-20(2)12(11-19)9-15(22)16-10-14-18-17-13-5-3-4-6-21(13)14/h3-6,12H,7-11H2,1-2H3,(H,16,22)/t12-/m0/s1. The Hall–Kier alpha value is -1.99. The van der Waals surface area contributed by atoms with Crippen LogP contribution in [0.2, 0.25) is 0 Å². The summed E-state index contributed by atoms with van der Waals surface area (Å²) in [6.07, 6.45) is 2.41. The molecule has 1 fully saturated rings. The van der Waals surface area contributed by atoms with Gasteiger partial charge in [0.15, 0.2) is 11.5 Å². The van der Waals surface area contributed by atoms with E-state index in [9.17, 15) is 4.79 Å². The van der Waals surface area contributed by atoms with E-state index in [0.29, 0.717) is 13.0 Å². The van der Waals surface area contributed by atoms with E-state index in [1.54, 1.807) is 0 Å². The lowest BCUT2D eigenvalue weighted by Crippen LogP contribution is -2.51. The minimum atomic E-state index is 0.0554. The van der Waals surface area contributed by atoms with Crippen LogP contribution < -0.4 is 5.32 Å². The van der Waals surface area contributed by atoms with Gasteiger partial charge in [0, 0.05) is 38.3 Å². The number of rotatable bonds is 4. The molecule has 0 saturated carbocycles. The van der Waals surface area contributed by atoms with Crippen LogP contribution in [0.5, 0.6) is 0 Å². The molecule has 0 spiro atoms. The number of nitrogens with one attached hydrogen (secondary N) is 1. The fourth-order valence-electron chi connectivity index (χ4n) is 2.80. The number of hydrogen-bond donors (Lipinski definition) is 1. The van der Waals surface area contributed by atoms with E-state index in [1.807, 2.05) is 28.8 Å². The molecule has 7 nitrogen and oxygen atoms in total. The number of nitrogens with zero attached hydrogens (tertiary/aromatic N) is 5. The molecule has 3 rings (SSSR count). The molecule has 0 unspecified atom stereocenters. The van der Waals surface area contributed by atoms with Crippen LogP contribution in [0, 0.1) is 0 Å². The Kier molecular flexibility index (Phi) is 4.35. The van der Waals surface area contributed by atoms with Crippen LogP contribution in [0.3, 0.4) is 0 Å². The Morgan fingerprint density at radius 3 is 3.05 bits per heavy atom. The summed E-state index contributed by atoms with van der Waals surface area (Å²) in [7, 11) is 4.18. The summed E-state index contributed by atoms with van der Waals surface area (Å²) < 4.78 is 1.89. The smallest absolute Gasteiger partial charge is 0.221 e. The van der Waals surface area contributed by atoms with Gasteiger partial charge in [-0.2, -0.15) is 0 Å². The van der Waals surface area contributed by atoms with Crippen molar-refractivity contribution in [2.24, 2.45) is 0 Å². The zero-order chi connectivity index (χ0) is 15.5. The SMILES string of the molecule is CN1CCN(C)[C@@H](CC(=O)NCc2nnc3ccccn23)C1. The van der Waals surface area contributed by atoms with Gasteiger partial charge in [-0.05, 0) is 26.2 Å². The zero-order valence-corrected chi connectivity index (χ0v) is 13.1. The molecule has 1 saturated heterocycles. The van der Waals surface area contributed by atoms with E-state index in [2.05, 4.69) is 39.4 Å². The second-order valence-electron chi connectivity index (χ2n) is 5.92. The van der Waals surface area contributed by atoms with Gasteiger partial charge in [0.05, 0.1) is 6.54 Å². The Bertz CT molecular complexity index is 654. The number of aromatic nitrogens is 3. The van der Waals surface area contributed by atoms with Crippen LogP contribution in [0.1, 0.15) is 12.2 Å². The van der Waals surface area contributed by atoms with Crippen molar-refractivity contribution < 1.29 is 4.79 Å². The first-order valence-electron chi connectivity index (χ1n) is 7.57. The van der Waals surface area contributed by atoms with Gasteiger partial charge in [0.25, 0.3) is 0 Å². The molecule has 22 heavy (non-hydrogen) atoms. The Morgan fingerprint density at radius 2 is 2.18 bits per heavy atom. The third-order valence-corrected chi connectivity index (χ3v) is 4.23. The number of hydrogen-bond acceptors (Lipinski definition) is 5. The normalized spacial score (nSPS) is 20.4. The molecule has 1 atom stereocenters. The molecule has 1 aliphatic heterocycles.